The fraction of sp³-hybridized carbons (Fsp3) is 0.571. The van der Waals surface area contributed by atoms with Crippen LogP contribution >= 0.6 is 15.9 Å². The maximum absolute atomic E-state index is 3.50. The van der Waals surface area contributed by atoms with Crippen molar-refractivity contribution in [2.45, 2.75) is 32.7 Å². The first-order valence-electron chi connectivity index (χ1n) is 6.16. The van der Waals surface area contributed by atoms with Crippen LogP contribution in [0.4, 0.5) is 0 Å². The molecule has 1 fully saturated rings. The highest BCUT2D eigenvalue weighted by Gasteiger charge is 2.25. The minimum Gasteiger partial charge on any atom is -0.296 e. The first-order valence-corrected chi connectivity index (χ1v) is 6.95. The van der Waals surface area contributed by atoms with Crippen LogP contribution in [0.2, 0.25) is 0 Å². The first kappa shape index (κ1) is 12.1. The topological polar surface area (TPSA) is 3.24 Å². The number of halogens is 1. The van der Waals surface area contributed by atoms with E-state index in [1.165, 1.54) is 36.0 Å². The average molecular weight is 282 g/mol. The van der Waals surface area contributed by atoms with Gasteiger partial charge in [0.1, 0.15) is 0 Å². The van der Waals surface area contributed by atoms with Crippen LogP contribution in [0.1, 0.15) is 38.3 Å². The molecule has 2 rings (SSSR count). The molecule has 1 unspecified atom stereocenters. The molecule has 1 aliphatic heterocycles. The van der Waals surface area contributed by atoms with Crippen molar-refractivity contribution in [2.24, 2.45) is 5.92 Å². The van der Waals surface area contributed by atoms with Gasteiger partial charge in [0.25, 0.3) is 0 Å². The van der Waals surface area contributed by atoms with Crippen LogP contribution < -0.4 is 0 Å². The highest BCUT2D eigenvalue weighted by Crippen LogP contribution is 2.32. The van der Waals surface area contributed by atoms with Crippen LogP contribution in [0.25, 0.3) is 0 Å². The molecule has 1 aromatic rings. The van der Waals surface area contributed by atoms with Crippen molar-refractivity contribution in [2.75, 3.05) is 13.1 Å². The predicted molar refractivity (Wildman–Crippen MR) is 72.5 cm³/mol. The van der Waals surface area contributed by atoms with Gasteiger partial charge < -0.3 is 0 Å². The Balaban J connectivity index is 2.10. The third kappa shape index (κ3) is 2.86. The molecule has 0 aliphatic carbocycles. The Hall–Kier alpha value is -0.340. The quantitative estimate of drug-likeness (QED) is 0.801. The molecular weight excluding hydrogens is 262 g/mol. The van der Waals surface area contributed by atoms with Gasteiger partial charge in [-0.05, 0) is 43.0 Å². The summed E-state index contributed by atoms with van der Waals surface area (Å²) in [5.41, 5.74) is 1.47. The minimum absolute atomic E-state index is 0.649. The van der Waals surface area contributed by atoms with Crippen LogP contribution in [0.15, 0.2) is 28.7 Å². The normalized spacial score (nSPS) is 21.9. The predicted octanol–water partition coefficient (Wildman–Crippen LogP) is 4.24. The van der Waals surface area contributed by atoms with Crippen LogP contribution in [-0.2, 0) is 0 Å². The monoisotopic (exact) mass is 281 g/mol. The lowest BCUT2D eigenvalue weighted by molar-refractivity contribution is 0.229. The van der Waals surface area contributed by atoms with Gasteiger partial charge >= 0.3 is 0 Å². The molecule has 0 aromatic heterocycles. The number of nitrogens with zero attached hydrogens (tertiary/aromatic N) is 1. The Morgan fingerprint density at radius 1 is 1.31 bits per heavy atom. The lowest BCUT2D eigenvalue weighted by atomic mass is 10.0. The summed E-state index contributed by atoms with van der Waals surface area (Å²) < 4.78 is 1.17. The molecule has 1 saturated heterocycles. The summed E-state index contributed by atoms with van der Waals surface area (Å²) in [6.45, 7) is 7.09. The third-order valence-corrected chi connectivity index (χ3v) is 3.75. The molecule has 1 aromatic carbocycles. The van der Waals surface area contributed by atoms with E-state index < -0.39 is 0 Å². The zero-order chi connectivity index (χ0) is 11.5. The molecule has 2 heteroatoms. The lowest BCUT2D eigenvalue weighted by Crippen LogP contribution is -2.27. The van der Waals surface area contributed by atoms with Gasteiger partial charge in [0.2, 0.25) is 0 Å². The highest BCUT2D eigenvalue weighted by atomic mass is 79.9. The van der Waals surface area contributed by atoms with E-state index in [4.69, 9.17) is 0 Å². The van der Waals surface area contributed by atoms with Gasteiger partial charge in [0.15, 0.2) is 0 Å². The maximum Gasteiger partial charge on any atom is 0.0348 e. The van der Waals surface area contributed by atoms with Crippen molar-refractivity contribution >= 4 is 15.9 Å². The third-order valence-electron chi connectivity index (χ3n) is 3.22. The number of hydrogen-bond acceptors (Lipinski definition) is 1. The molecule has 0 bridgehead atoms. The van der Waals surface area contributed by atoms with Crippen LogP contribution in [0, 0.1) is 5.92 Å². The standard InChI is InChI=1S/C14H20BrN/c1-11(2)10-16-9-3-4-14(16)12-5-7-13(15)8-6-12/h5-8,11,14H,3-4,9-10H2,1-2H3. The maximum atomic E-state index is 3.50. The molecule has 0 saturated carbocycles. The van der Waals surface area contributed by atoms with E-state index in [2.05, 4.69) is 58.9 Å². The van der Waals surface area contributed by atoms with E-state index in [0.717, 1.165) is 5.92 Å². The summed E-state index contributed by atoms with van der Waals surface area (Å²) in [6, 6.07) is 9.47. The SMILES string of the molecule is CC(C)CN1CCCC1c1ccc(Br)cc1. The smallest absolute Gasteiger partial charge is 0.0348 e. The summed E-state index contributed by atoms with van der Waals surface area (Å²) >= 11 is 3.50. The van der Waals surface area contributed by atoms with Gasteiger partial charge in [-0.3, -0.25) is 4.90 Å². The lowest BCUT2D eigenvalue weighted by Gasteiger charge is -2.26. The van der Waals surface area contributed by atoms with Crippen molar-refractivity contribution in [3.63, 3.8) is 0 Å². The van der Waals surface area contributed by atoms with Gasteiger partial charge in [-0.2, -0.15) is 0 Å². The number of rotatable bonds is 3. The van der Waals surface area contributed by atoms with E-state index in [1.807, 2.05) is 0 Å². The summed E-state index contributed by atoms with van der Waals surface area (Å²) in [4.78, 5) is 2.63. The second-order valence-corrected chi connectivity index (χ2v) is 6.01. The average Bonchev–Trinajstić information content (AvgIpc) is 2.66. The molecule has 16 heavy (non-hydrogen) atoms. The Labute approximate surface area is 107 Å². The zero-order valence-corrected chi connectivity index (χ0v) is 11.7. The van der Waals surface area contributed by atoms with Gasteiger partial charge in [-0.15, -0.1) is 0 Å². The van der Waals surface area contributed by atoms with Crippen LogP contribution in [0.5, 0.6) is 0 Å². The molecule has 0 amide bonds. The molecule has 1 aliphatic rings. The fourth-order valence-corrected chi connectivity index (χ4v) is 2.84. The largest absolute Gasteiger partial charge is 0.296 e. The second-order valence-electron chi connectivity index (χ2n) is 5.10. The summed E-state index contributed by atoms with van der Waals surface area (Å²) in [7, 11) is 0. The van der Waals surface area contributed by atoms with Crippen molar-refractivity contribution in [1.29, 1.82) is 0 Å². The molecule has 1 atom stereocenters. The molecular formula is C14H20BrN. The van der Waals surface area contributed by atoms with Gasteiger partial charge in [0.05, 0.1) is 0 Å². The van der Waals surface area contributed by atoms with Crippen LogP contribution in [-0.4, -0.2) is 18.0 Å². The molecule has 88 valence electrons. The van der Waals surface area contributed by atoms with E-state index in [9.17, 15) is 0 Å². The minimum atomic E-state index is 0.649. The van der Waals surface area contributed by atoms with Gasteiger partial charge in [-0.25, -0.2) is 0 Å². The molecule has 0 spiro atoms. The van der Waals surface area contributed by atoms with Crippen molar-refractivity contribution in [3.8, 4) is 0 Å². The van der Waals surface area contributed by atoms with E-state index in [-0.39, 0.29) is 0 Å². The molecule has 1 heterocycles. The van der Waals surface area contributed by atoms with Gasteiger partial charge in [0, 0.05) is 17.1 Å². The summed E-state index contributed by atoms with van der Waals surface area (Å²) in [5.74, 6) is 0.760. The Kier molecular flexibility index (Phi) is 4.04. The van der Waals surface area contributed by atoms with E-state index in [1.54, 1.807) is 0 Å². The summed E-state index contributed by atoms with van der Waals surface area (Å²) in [6.07, 6.45) is 2.65. The number of likely N-dealkylation sites (tertiary alicyclic amines) is 1. The Morgan fingerprint density at radius 2 is 2.00 bits per heavy atom. The number of benzene rings is 1. The van der Waals surface area contributed by atoms with Crippen molar-refractivity contribution in [3.05, 3.63) is 34.3 Å². The Morgan fingerprint density at radius 3 is 2.62 bits per heavy atom. The molecule has 0 N–H and O–H groups in total. The van der Waals surface area contributed by atoms with Crippen molar-refractivity contribution < 1.29 is 0 Å². The first-order chi connectivity index (χ1) is 7.66. The zero-order valence-electron chi connectivity index (χ0n) is 10.1. The molecule has 1 nitrogen and oxygen atoms in total. The van der Waals surface area contributed by atoms with E-state index in [0.29, 0.717) is 6.04 Å². The number of hydrogen-bond donors (Lipinski definition) is 0. The Bertz CT molecular complexity index is 331. The van der Waals surface area contributed by atoms with Crippen LogP contribution in [0.3, 0.4) is 0 Å². The van der Waals surface area contributed by atoms with E-state index >= 15 is 0 Å². The van der Waals surface area contributed by atoms with Crippen molar-refractivity contribution in [1.82, 2.24) is 4.90 Å². The highest BCUT2D eigenvalue weighted by molar-refractivity contribution is 9.10. The molecule has 0 radical (unpaired) electrons. The van der Waals surface area contributed by atoms with Gasteiger partial charge in [-0.1, -0.05) is 41.9 Å². The fourth-order valence-electron chi connectivity index (χ4n) is 2.58. The summed E-state index contributed by atoms with van der Waals surface area (Å²) in [5, 5.41) is 0. The second kappa shape index (κ2) is 5.33.